The predicted octanol–water partition coefficient (Wildman–Crippen LogP) is 4.87. The normalized spacial score (nSPS) is 15.9. The summed E-state index contributed by atoms with van der Waals surface area (Å²) in [5.41, 5.74) is 3.38. The SMILES string of the molecule is C=CC(Cl)=C(CC)c1nc2c(n1C)CCCC=CC=C2. The molecule has 0 aliphatic heterocycles. The molecule has 1 aliphatic rings. The van der Waals surface area contributed by atoms with Gasteiger partial charge < -0.3 is 4.57 Å². The van der Waals surface area contributed by atoms with E-state index < -0.39 is 0 Å². The van der Waals surface area contributed by atoms with E-state index >= 15 is 0 Å². The first kappa shape index (κ1) is 14.9. The van der Waals surface area contributed by atoms with Gasteiger partial charge in [-0.25, -0.2) is 4.98 Å². The van der Waals surface area contributed by atoms with Crippen LogP contribution in [0.5, 0.6) is 0 Å². The lowest BCUT2D eigenvalue weighted by atomic mass is 10.1. The fourth-order valence-electron chi connectivity index (χ4n) is 2.52. The number of aromatic nitrogens is 2. The summed E-state index contributed by atoms with van der Waals surface area (Å²) in [7, 11) is 2.07. The first-order valence-corrected chi connectivity index (χ1v) is 7.47. The van der Waals surface area contributed by atoms with Crippen molar-refractivity contribution < 1.29 is 0 Å². The summed E-state index contributed by atoms with van der Waals surface area (Å²) in [6, 6.07) is 0. The molecule has 0 fully saturated rings. The maximum atomic E-state index is 6.27. The minimum Gasteiger partial charge on any atom is -0.331 e. The highest BCUT2D eigenvalue weighted by Crippen LogP contribution is 2.27. The number of halogens is 1. The molecular weight excluding hydrogens is 268 g/mol. The zero-order valence-electron chi connectivity index (χ0n) is 12.2. The van der Waals surface area contributed by atoms with Crippen molar-refractivity contribution in [3.8, 4) is 0 Å². The van der Waals surface area contributed by atoms with Crippen molar-refractivity contribution >= 4 is 23.3 Å². The summed E-state index contributed by atoms with van der Waals surface area (Å²) < 4.78 is 2.18. The Kier molecular flexibility index (Phi) is 5.02. The Labute approximate surface area is 126 Å². The number of allylic oxidation sites excluding steroid dienone is 6. The minimum atomic E-state index is 0.690. The molecule has 0 N–H and O–H groups in total. The number of rotatable bonds is 3. The van der Waals surface area contributed by atoms with E-state index in [9.17, 15) is 0 Å². The van der Waals surface area contributed by atoms with E-state index in [1.165, 1.54) is 5.69 Å². The molecule has 2 rings (SSSR count). The van der Waals surface area contributed by atoms with Gasteiger partial charge in [0.05, 0.1) is 5.69 Å². The van der Waals surface area contributed by atoms with Crippen LogP contribution in [0.1, 0.15) is 43.4 Å². The predicted molar refractivity (Wildman–Crippen MR) is 87.6 cm³/mol. The third-order valence-corrected chi connectivity index (χ3v) is 4.00. The highest BCUT2D eigenvalue weighted by molar-refractivity contribution is 6.34. The van der Waals surface area contributed by atoms with Crippen LogP contribution >= 0.6 is 11.6 Å². The number of hydrogen-bond acceptors (Lipinski definition) is 1. The smallest absolute Gasteiger partial charge is 0.137 e. The summed E-state index contributed by atoms with van der Waals surface area (Å²) in [4.78, 5) is 4.79. The van der Waals surface area contributed by atoms with Gasteiger partial charge in [-0.3, -0.25) is 0 Å². The molecule has 0 bridgehead atoms. The Morgan fingerprint density at radius 3 is 3.00 bits per heavy atom. The van der Waals surface area contributed by atoms with Crippen LogP contribution in [0.25, 0.3) is 11.6 Å². The summed E-state index contributed by atoms with van der Waals surface area (Å²) >= 11 is 6.27. The first-order chi connectivity index (χ1) is 9.69. The molecule has 1 aromatic heterocycles. The lowest BCUT2D eigenvalue weighted by Gasteiger charge is -2.09. The molecule has 3 heteroatoms. The van der Waals surface area contributed by atoms with Crippen molar-refractivity contribution in [2.45, 2.75) is 32.6 Å². The monoisotopic (exact) mass is 288 g/mol. The number of hydrogen-bond donors (Lipinski definition) is 0. The molecule has 0 aromatic carbocycles. The van der Waals surface area contributed by atoms with Crippen molar-refractivity contribution in [1.29, 1.82) is 0 Å². The molecule has 0 atom stereocenters. The fraction of sp³-hybridized carbons (Fsp3) is 0.353. The van der Waals surface area contributed by atoms with E-state index in [-0.39, 0.29) is 0 Å². The molecule has 2 nitrogen and oxygen atoms in total. The van der Waals surface area contributed by atoms with Crippen molar-refractivity contribution in [3.63, 3.8) is 0 Å². The van der Waals surface area contributed by atoms with Crippen LogP contribution in [0.2, 0.25) is 0 Å². The lowest BCUT2D eigenvalue weighted by molar-refractivity contribution is 0.748. The van der Waals surface area contributed by atoms with E-state index in [1.807, 2.05) is 0 Å². The van der Waals surface area contributed by atoms with E-state index in [0.717, 1.165) is 42.8 Å². The lowest BCUT2D eigenvalue weighted by Crippen LogP contribution is -2.02. The Balaban J connectivity index is 2.55. The topological polar surface area (TPSA) is 17.8 Å². The molecule has 106 valence electrons. The molecule has 1 heterocycles. The average molecular weight is 289 g/mol. The van der Waals surface area contributed by atoms with Gasteiger partial charge in [0.25, 0.3) is 0 Å². The molecule has 0 radical (unpaired) electrons. The van der Waals surface area contributed by atoms with Gasteiger partial charge in [-0.15, -0.1) is 0 Å². The molecule has 0 saturated heterocycles. The molecule has 0 amide bonds. The van der Waals surface area contributed by atoms with E-state index in [0.29, 0.717) is 5.03 Å². The maximum absolute atomic E-state index is 6.27. The molecule has 0 saturated carbocycles. The first-order valence-electron chi connectivity index (χ1n) is 7.09. The quantitative estimate of drug-likeness (QED) is 0.726. The second kappa shape index (κ2) is 6.76. The van der Waals surface area contributed by atoms with Crippen molar-refractivity contribution in [2.75, 3.05) is 0 Å². The van der Waals surface area contributed by atoms with Crippen LogP contribution in [0.15, 0.2) is 35.9 Å². The molecular formula is C17H21ClN2. The summed E-state index contributed by atoms with van der Waals surface area (Å²) in [6.07, 6.45) is 14.3. The Bertz CT molecular complexity index is 588. The van der Waals surface area contributed by atoms with Crippen molar-refractivity contribution in [2.24, 2.45) is 7.05 Å². The van der Waals surface area contributed by atoms with E-state index in [2.05, 4.69) is 49.4 Å². The van der Waals surface area contributed by atoms with Crippen LogP contribution in [0.3, 0.4) is 0 Å². The van der Waals surface area contributed by atoms with Crippen molar-refractivity contribution in [3.05, 3.63) is 53.1 Å². The van der Waals surface area contributed by atoms with Gasteiger partial charge in [-0.2, -0.15) is 0 Å². The highest BCUT2D eigenvalue weighted by atomic mass is 35.5. The Morgan fingerprint density at radius 1 is 1.50 bits per heavy atom. The summed E-state index contributed by atoms with van der Waals surface area (Å²) in [6.45, 7) is 5.85. The number of imidazole rings is 1. The van der Waals surface area contributed by atoms with Crippen LogP contribution in [-0.2, 0) is 13.5 Å². The second-order valence-electron chi connectivity index (χ2n) is 4.89. The minimum absolute atomic E-state index is 0.690. The molecule has 0 unspecified atom stereocenters. The summed E-state index contributed by atoms with van der Waals surface area (Å²) in [5, 5.41) is 0.690. The molecule has 1 aliphatic carbocycles. The van der Waals surface area contributed by atoms with Crippen LogP contribution in [0.4, 0.5) is 0 Å². The van der Waals surface area contributed by atoms with Crippen LogP contribution in [0, 0.1) is 0 Å². The number of nitrogens with zero attached hydrogens (tertiary/aromatic N) is 2. The zero-order chi connectivity index (χ0) is 14.5. The average Bonchev–Trinajstić information content (AvgIpc) is 2.80. The third kappa shape index (κ3) is 2.96. The van der Waals surface area contributed by atoms with Crippen molar-refractivity contribution in [1.82, 2.24) is 9.55 Å². The largest absolute Gasteiger partial charge is 0.331 e. The maximum Gasteiger partial charge on any atom is 0.137 e. The van der Waals surface area contributed by atoms with Gasteiger partial charge in [-0.1, -0.05) is 49.4 Å². The Hall–Kier alpha value is -1.54. The molecule has 1 aromatic rings. The van der Waals surface area contributed by atoms with Gasteiger partial charge in [0, 0.05) is 23.3 Å². The van der Waals surface area contributed by atoms with Gasteiger partial charge in [0.15, 0.2) is 0 Å². The van der Waals surface area contributed by atoms with E-state index in [4.69, 9.17) is 16.6 Å². The standard InChI is InChI=1S/C17H21ClN2/c1-4-13(14(18)5-2)17-19-15-11-9-7-6-8-10-12-16(15)20(17)3/h5-7,9,11H,2,4,8,10,12H2,1,3H3. The van der Waals surface area contributed by atoms with Gasteiger partial charge in [-0.05, 0) is 31.8 Å². The van der Waals surface area contributed by atoms with Crippen LogP contribution in [-0.4, -0.2) is 9.55 Å². The fourth-order valence-corrected chi connectivity index (χ4v) is 2.74. The zero-order valence-corrected chi connectivity index (χ0v) is 13.0. The second-order valence-corrected chi connectivity index (χ2v) is 5.30. The number of fused-ring (bicyclic) bond motifs is 1. The van der Waals surface area contributed by atoms with Gasteiger partial charge in [0.2, 0.25) is 0 Å². The third-order valence-electron chi connectivity index (χ3n) is 3.62. The van der Waals surface area contributed by atoms with Gasteiger partial charge >= 0.3 is 0 Å². The molecule has 20 heavy (non-hydrogen) atoms. The van der Waals surface area contributed by atoms with Gasteiger partial charge in [0.1, 0.15) is 5.82 Å². The Morgan fingerprint density at radius 2 is 2.30 bits per heavy atom. The van der Waals surface area contributed by atoms with Crippen LogP contribution < -0.4 is 0 Å². The highest BCUT2D eigenvalue weighted by Gasteiger charge is 2.16. The molecule has 0 spiro atoms. The van der Waals surface area contributed by atoms with E-state index in [1.54, 1.807) is 6.08 Å². The summed E-state index contributed by atoms with van der Waals surface area (Å²) in [5.74, 6) is 0.955.